The molecule has 0 fully saturated rings. The highest BCUT2D eigenvalue weighted by molar-refractivity contribution is 7.19. The molecule has 5 nitrogen and oxygen atoms in total. The highest BCUT2D eigenvalue weighted by Gasteiger charge is 2.28. The number of amides is 1. The lowest BCUT2D eigenvalue weighted by atomic mass is 10.1. The lowest BCUT2D eigenvalue weighted by Crippen LogP contribution is -2.18. The molecular weight excluding hydrogens is 295 g/mol. The molecule has 5 N–H and O–H groups in total. The van der Waals surface area contributed by atoms with E-state index in [-0.39, 0.29) is 33.3 Å². The Balaban J connectivity index is 3.00. The van der Waals surface area contributed by atoms with E-state index in [2.05, 4.69) is 5.32 Å². The highest BCUT2D eigenvalue weighted by atomic mass is 32.1. The first kappa shape index (κ1) is 16.3. The van der Waals surface area contributed by atoms with E-state index in [1.807, 2.05) is 0 Å². The Morgan fingerprint density at radius 1 is 1.35 bits per heavy atom. The van der Waals surface area contributed by atoms with Gasteiger partial charge in [-0.15, -0.1) is 11.3 Å². The van der Waals surface area contributed by atoms with E-state index in [0.717, 1.165) is 11.3 Å². The van der Waals surface area contributed by atoms with Gasteiger partial charge in [-0.25, -0.2) is 0 Å². The lowest BCUT2D eigenvalue weighted by Gasteiger charge is -2.08. The minimum Gasteiger partial charge on any atom is -0.397 e. The molecule has 0 unspecified atom stereocenters. The predicted octanol–water partition coefficient (Wildman–Crippen LogP) is 2.39. The third-order valence-electron chi connectivity index (χ3n) is 2.46. The van der Waals surface area contributed by atoms with E-state index in [1.165, 1.54) is 0 Å². The molecule has 0 aliphatic rings. The zero-order chi connectivity index (χ0) is 15.5. The number of primary amides is 1. The standard InChI is InChI=1S/C11H14F3N3O2S/c1-2-5(18)8-7(15)6(9(16)19)10(20-8)17-4-3-11(12,13)14/h17H,2-4,15H2,1H3,(H2,16,19). The van der Waals surface area contributed by atoms with E-state index in [4.69, 9.17) is 11.5 Å². The van der Waals surface area contributed by atoms with Gasteiger partial charge in [-0.1, -0.05) is 6.92 Å². The van der Waals surface area contributed by atoms with Crippen LogP contribution in [-0.2, 0) is 0 Å². The molecule has 0 saturated heterocycles. The van der Waals surface area contributed by atoms with Crippen molar-refractivity contribution in [3.8, 4) is 0 Å². The molecule has 0 saturated carbocycles. The van der Waals surface area contributed by atoms with Crippen molar-refractivity contribution in [2.24, 2.45) is 5.73 Å². The summed E-state index contributed by atoms with van der Waals surface area (Å²) in [4.78, 5) is 23.1. The third-order valence-corrected chi connectivity index (χ3v) is 3.66. The van der Waals surface area contributed by atoms with Crippen LogP contribution in [0, 0.1) is 0 Å². The topological polar surface area (TPSA) is 98.2 Å². The number of nitrogen functional groups attached to an aromatic ring is 1. The first-order valence-corrected chi connectivity index (χ1v) is 6.55. The molecule has 112 valence electrons. The van der Waals surface area contributed by atoms with Crippen LogP contribution in [0.2, 0.25) is 0 Å². The van der Waals surface area contributed by atoms with Gasteiger partial charge in [0.05, 0.1) is 22.5 Å². The molecule has 20 heavy (non-hydrogen) atoms. The number of rotatable bonds is 6. The van der Waals surface area contributed by atoms with Crippen LogP contribution < -0.4 is 16.8 Å². The van der Waals surface area contributed by atoms with Crippen LogP contribution >= 0.6 is 11.3 Å². The quantitative estimate of drug-likeness (QED) is 0.703. The van der Waals surface area contributed by atoms with Gasteiger partial charge in [-0.05, 0) is 0 Å². The average Bonchev–Trinajstić information content (AvgIpc) is 2.63. The van der Waals surface area contributed by atoms with Crippen molar-refractivity contribution >= 4 is 33.7 Å². The maximum absolute atomic E-state index is 12.1. The first-order chi connectivity index (χ1) is 9.17. The molecule has 0 radical (unpaired) electrons. The molecule has 0 aromatic carbocycles. The van der Waals surface area contributed by atoms with Crippen molar-refractivity contribution in [3.63, 3.8) is 0 Å². The van der Waals surface area contributed by atoms with Crippen molar-refractivity contribution < 1.29 is 22.8 Å². The fraction of sp³-hybridized carbons (Fsp3) is 0.455. The minimum atomic E-state index is -4.31. The predicted molar refractivity (Wildman–Crippen MR) is 71.0 cm³/mol. The third kappa shape index (κ3) is 3.86. The van der Waals surface area contributed by atoms with Crippen molar-refractivity contribution in [3.05, 3.63) is 10.4 Å². The van der Waals surface area contributed by atoms with Gasteiger partial charge in [0.25, 0.3) is 5.91 Å². The number of nitrogens with one attached hydrogen (secondary N) is 1. The number of Topliss-reactive ketones (excluding diaryl/α,β-unsaturated/α-hetero) is 1. The fourth-order valence-electron chi connectivity index (χ4n) is 1.50. The molecule has 0 aliphatic carbocycles. The summed E-state index contributed by atoms with van der Waals surface area (Å²) >= 11 is 0.844. The molecule has 0 atom stereocenters. The average molecular weight is 309 g/mol. The largest absolute Gasteiger partial charge is 0.397 e. The monoisotopic (exact) mass is 309 g/mol. The number of hydrogen-bond donors (Lipinski definition) is 3. The minimum absolute atomic E-state index is 0.0798. The van der Waals surface area contributed by atoms with Gasteiger partial charge in [0.2, 0.25) is 0 Å². The van der Waals surface area contributed by atoms with Gasteiger partial charge in [0, 0.05) is 13.0 Å². The van der Waals surface area contributed by atoms with Gasteiger partial charge in [0.1, 0.15) is 5.00 Å². The summed E-state index contributed by atoms with van der Waals surface area (Å²) in [6.07, 6.45) is -5.21. The van der Waals surface area contributed by atoms with Gasteiger partial charge >= 0.3 is 6.18 Å². The van der Waals surface area contributed by atoms with Crippen LogP contribution in [0.4, 0.5) is 23.9 Å². The number of thiophene rings is 1. The molecule has 0 bridgehead atoms. The second kappa shape index (κ2) is 6.12. The van der Waals surface area contributed by atoms with Crippen LogP contribution in [0.25, 0.3) is 0 Å². The molecule has 9 heteroatoms. The summed E-state index contributed by atoms with van der Waals surface area (Å²) in [6.45, 7) is 1.19. The second-order valence-corrected chi connectivity index (χ2v) is 5.00. The number of carbonyl (C=O) groups is 2. The van der Waals surface area contributed by atoms with E-state index in [1.54, 1.807) is 6.92 Å². The number of halogens is 3. The van der Waals surface area contributed by atoms with Crippen molar-refractivity contribution in [1.82, 2.24) is 0 Å². The Hall–Kier alpha value is -1.77. The Morgan fingerprint density at radius 2 is 1.95 bits per heavy atom. The number of carbonyl (C=O) groups excluding carboxylic acids is 2. The van der Waals surface area contributed by atoms with Gasteiger partial charge < -0.3 is 16.8 Å². The molecule has 0 spiro atoms. The van der Waals surface area contributed by atoms with Crippen LogP contribution in [0.5, 0.6) is 0 Å². The van der Waals surface area contributed by atoms with Gasteiger partial charge in [-0.2, -0.15) is 13.2 Å². The number of anilines is 2. The molecule has 1 heterocycles. The Bertz CT molecular complexity index is 526. The molecule has 1 aromatic rings. The van der Waals surface area contributed by atoms with Crippen LogP contribution in [-0.4, -0.2) is 24.4 Å². The second-order valence-electron chi connectivity index (χ2n) is 3.98. The summed E-state index contributed by atoms with van der Waals surface area (Å²) < 4.78 is 36.2. The molecular formula is C11H14F3N3O2S. The molecule has 1 aromatic heterocycles. The van der Waals surface area contributed by atoms with Gasteiger partial charge in [-0.3, -0.25) is 9.59 Å². The highest BCUT2D eigenvalue weighted by Crippen LogP contribution is 2.36. The van der Waals surface area contributed by atoms with E-state index in [9.17, 15) is 22.8 Å². The number of alkyl halides is 3. The Labute approximate surface area is 117 Å². The lowest BCUT2D eigenvalue weighted by molar-refractivity contribution is -0.131. The number of nitrogens with two attached hydrogens (primary N) is 2. The summed E-state index contributed by atoms with van der Waals surface area (Å²) in [5, 5.41) is 2.55. The summed E-state index contributed by atoms with van der Waals surface area (Å²) in [6, 6.07) is 0. The zero-order valence-electron chi connectivity index (χ0n) is 10.6. The molecule has 1 rings (SSSR count). The van der Waals surface area contributed by atoms with Crippen LogP contribution in [0.1, 0.15) is 39.8 Å². The van der Waals surface area contributed by atoms with Crippen molar-refractivity contribution in [2.45, 2.75) is 25.9 Å². The number of ketones is 1. The smallest absolute Gasteiger partial charge is 0.390 e. The Morgan fingerprint density at radius 3 is 2.40 bits per heavy atom. The van der Waals surface area contributed by atoms with Crippen LogP contribution in [0.15, 0.2) is 0 Å². The SMILES string of the molecule is CCC(=O)c1sc(NCCC(F)(F)F)c(C(N)=O)c1N. The van der Waals surface area contributed by atoms with E-state index in [0.29, 0.717) is 0 Å². The van der Waals surface area contributed by atoms with Crippen LogP contribution in [0.3, 0.4) is 0 Å². The van der Waals surface area contributed by atoms with Gasteiger partial charge in [0.15, 0.2) is 5.78 Å². The first-order valence-electron chi connectivity index (χ1n) is 5.73. The maximum atomic E-state index is 12.1. The zero-order valence-corrected chi connectivity index (χ0v) is 11.5. The fourth-order valence-corrected chi connectivity index (χ4v) is 2.66. The van der Waals surface area contributed by atoms with E-state index >= 15 is 0 Å². The summed E-state index contributed by atoms with van der Waals surface area (Å²) in [5.41, 5.74) is 10.6. The van der Waals surface area contributed by atoms with Crippen molar-refractivity contribution in [2.75, 3.05) is 17.6 Å². The number of hydrogen-bond acceptors (Lipinski definition) is 5. The molecule has 1 amide bonds. The van der Waals surface area contributed by atoms with Crippen molar-refractivity contribution in [1.29, 1.82) is 0 Å². The van der Waals surface area contributed by atoms with E-state index < -0.39 is 25.0 Å². The summed E-state index contributed by atoms with van der Waals surface area (Å²) in [7, 11) is 0. The normalized spacial score (nSPS) is 11.4. The maximum Gasteiger partial charge on any atom is 0.390 e. The Kier molecular flexibility index (Phi) is 4.98. The molecule has 0 aliphatic heterocycles. The summed E-state index contributed by atoms with van der Waals surface area (Å²) in [5.74, 6) is -1.18.